The highest BCUT2D eigenvalue weighted by molar-refractivity contribution is 5.79. The second-order valence-electron chi connectivity index (χ2n) is 2.62. The summed E-state index contributed by atoms with van der Waals surface area (Å²) < 4.78 is 1.17. The molecule has 0 aliphatic carbocycles. The van der Waals surface area contributed by atoms with Crippen molar-refractivity contribution in [1.82, 2.24) is 15.2 Å². The van der Waals surface area contributed by atoms with E-state index >= 15 is 0 Å². The summed E-state index contributed by atoms with van der Waals surface area (Å²) >= 11 is 0. The van der Waals surface area contributed by atoms with Crippen LogP contribution in [0.3, 0.4) is 0 Å². The number of hydrazine groups is 1. The first-order chi connectivity index (χ1) is 6.56. The number of aromatic nitrogens is 2. The topological polar surface area (TPSA) is 116 Å². The average Bonchev–Trinajstić information content (AvgIpc) is 2.64. The van der Waals surface area contributed by atoms with E-state index in [1.807, 2.05) is 5.43 Å². The highest BCUT2D eigenvalue weighted by atomic mass is 16.6. The molecule has 14 heavy (non-hydrogen) atoms. The molecule has 1 aromatic heterocycles. The number of carbonyl (C=O) groups excluding carboxylic acids is 1. The van der Waals surface area contributed by atoms with Crippen LogP contribution in [0.15, 0.2) is 12.4 Å². The summed E-state index contributed by atoms with van der Waals surface area (Å²) in [6.07, 6.45) is 2.24. The zero-order valence-corrected chi connectivity index (χ0v) is 7.38. The van der Waals surface area contributed by atoms with Gasteiger partial charge in [0.25, 0.3) is 5.91 Å². The van der Waals surface area contributed by atoms with Crippen LogP contribution in [-0.4, -0.2) is 20.6 Å². The van der Waals surface area contributed by atoms with Gasteiger partial charge in [0, 0.05) is 0 Å². The molecule has 1 rings (SSSR count). The Bertz CT molecular complexity index is 360. The van der Waals surface area contributed by atoms with Crippen molar-refractivity contribution in [3.8, 4) is 0 Å². The molecule has 8 nitrogen and oxygen atoms in total. The molecule has 0 unspecified atom stereocenters. The van der Waals surface area contributed by atoms with Crippen molar-refractivity contribution in [1.29, 1.82) is 0 Å². The smallest absolute Gasteiger partial charge is 0.292 e. The van der Waals surface area contributed by atoms with Crippen LogP contribution in [0.2, 0.25) is 0 Å². The van der Waals surface area contributed by atoms with Gasteiger partial charge in [-0.2, -0.15) is 5.10 Å². The summed E-state index contributed by atoms with van der Waals surface area (Å²) in [5.41, 5.74) is 1.77. The van der Waals surface area contributed by atoms with Gasteiger partial charge in [-0.3, -0.25) is 25.0 Å². The fourth-order valence-corrected chi connectivity index (χ4v) is 0.875. The summed E-state index contributed by atoms with van der Waals surface area (Å²) in [5.74, 6) is 4.43. The molecule has 0 aliphatic rings. The van der Waals surface area contributed by atoms with E-state index in [-0.39, 0.29) is 5.69 Å². The summed E-state index contributed by atoms with van der Waals surface area (Å²) in [7, 11) is 0. The maximum Gasteiger partial charge on any atom is 0.307 e. The number of nitrogens with zero attached hydrogens (tertiary/aromatic N) is 3. The highest BCUT2D eigenvalue weighted by Crippen LogP contribution is 2.12. The molecule has 0 saturated heterocycles. The van der Waals surface area contributed by atoms with Gasteiger partial charge in [0.2, 0.25) is 0 Å². The molecule has 0 aliphatic heterocycles. The van der Waals surface area contributed by atoms with Crippen LogP contribution in [0.25, 0.3) is 0 Å². The third-order valence-corrected chi connectivity index (χ3v) is 1.72. The molecule has 8 heteroatoms. The first-order valence-corrected chi connectivity index (χ1v) is 3.75. The van der Waals surface area contributed by atoms with E-state index in [9.17, 15) is 14.9 Å². The van der Waals surface area contributed by atoms with E-state index in [1.54, 1.807) is 0 Å². The summed E-state index contributed by atoms with van der Waals surface area (Å²) in [5, 5.41) is 14.0. The lowest BCUT2D eigenvalue weighted by Crippen LogP contribution is -2.36. The molecule has 0 bridgehead atoms. The maximum absolute atomic E-state index is 11.0. The Hall–Kier alpha value is -1.96. The van der Waals surface area contributed by atoms with Gasteiger partial charge in [-0.1, -0.05) is 0 Å². The molecular weight excluding hydrogens is 190 g/mol. The van der Waals surface area contributed by atoms with Crippen LogP contribution < -0.4 is 11.3 Å². The Morgan fingerprint density at radius 2 is 2.50 bits per heavy atom. The summed E-state index contributed by atoms with van der Waals surface area (Å²) in [6, 6.07) is -0.673. The molecule has 0 aromatic carbocycles. The second-order valence-corrected chi connectivity index (χ2v) is 2.62. The number of carbonyl (C=O) groups is 1. The van der Waals surface area contributed by atoms with E-state index in [0.29, 0.717) is 0 Å². The third kappa shape index (κ3) is 1.85. The standard InChI is InChI=1S/C6H9N5O3/c1-4(6(12)9-7)10-3-5(2-8-10)11(13)14/h2-4H,7H2,1H3,(H,9,12)/t4-/m1/s1. The maximum atomic E-state index is 11.0. The number of hydrogen-bond acceptors (Lipinski definition) is 5. The fourth-order valence-electron chi connectivity index (χ4n) is 0.875. The van der Waals surface area contributed by atoms with Gasteiger partial charge >= 0.3 is 5.69 Å². The van der Waals surface area contributed by atoms with Gasteiger partial charge in [0.15, 0.2) is 0 Å². The number of nitro groups is 1. The number of nitrogens with two attached hydrogens (primary N) is 1. The van der Waals surface area contributed by atoms with Crippen molar-refractivity contribution in [3.05, 3.63) is 22.5 Å². The van der Waals surface area contributed by atoms with Crippen molar-refractivity contribution in [2.75, 3.05) is 0 Å². The third-order valence-electron chi connectivity index (χ3n) is 1.72. The lowest BCUT2D eigenvalue weighted by molar-refractivity contribution is -0.385. The minimum absolute atomic E-state index is 0.165. The molecule has 76 valence electrons. The Morgan fingerprint density at radius 1 is 1.86 bits per heavy atom. The SMILES string of the molecule is C[C@H](C(=O)NN)n1cc([N+](=O)[O-])cn1. The zero-order chi connectivity index (χ0) is 10.7. The van der Waals surface area contributed by atoms with Crippen molar-refractivity contribution >= 4 is 11.6 Å². The summed E-state index contributed by atoms with van der Waals surface area (Å²) in [6.45, 7) is 1.53. The van der Waals surface area contributed by atoms with E-state index in [1.165, 1.54) is 17.8 Å². The molecule has 0 fully saturated rings. The average molecular weight is 199 g/mol. The summed E-state index contributed by atoms with van der Waals surface area (Å²) in [4.78, 5) is 20.7. The van der Waals surface area contributed by atoms with Gasteiger partial charge in [-0.05, 0) is 6.92 Å². The Balaban J connectivity index is 2.86. The van der Waals surface area contributed by atoms with Crippen LogP contribution in [-0.2, 0) is 4.79 Å². The van der Waals surface area contributed by atoms with Crippen molar-refractivity contribution in [3.63, 3.8) is 0 Å². The van der Waals surface area contributed by atoms with Gasteiger partial charge < -0.3 is 0 Å². The monoisotopic (exact) mass is 199 g/mol. The number of amides is 1. The van der Waals surface area contributed by atoms with Crippen molar-refractivity contribution in [2.45, 2.75) is 13.0 Å². The Kier molecular flexibility index (Phi) is 2.77. The van der Waals surface area contributed by atoms with Crippen LogP contribution in [0.4, 0.5) is 5.69 Å². The van der Waals surface area contributed by atoms with E-state index in [0.717, 1.165) is 6.20 Å². The molecular formula is C6H9N5O3. The van der Waals surface area contributed by atoms with E-state index in [4.69, 9.17) is 5.84 Å². The molecule has 1 atom stereocenters. The number of rotatable bonds is 3. The molecule has 1 aromatic rings. The van der Waals surface area contributed by atoms with E-state index < -0.39 is 16.9 Å². The molecule has 1 heterocycles. The zero-order valence-electron chi connectivity index (χ0n) is 7.38. The predicted molar refractivity (Wildman–Crippen MR) is 45.9 cm³/mol. The van der Waals surface area contributed by atoms with Crippen LogP contribution in [0.1, 0.15) is 13.0 Å². The largest absolute Gasteiger partial charge is 0.307 e. The normalized spacial score (nSPS) is 12.1. The molecule has 0 radical (unpaired) electrons. The fraction of sp³-hybridized carbons (Fsp3) is 0.333. The second kappa shape index (κ2) is 3.83. The lowest BCUT2D eigenvalue weighted by Gasteiger charge is -2.08. The first kappa shape index (κ1) is 10.1. The number of nitrogens with one attached hydrogen (secondary N) is 1. The molecule has 0 spiro atoms. The Labute approximate surface area is 78.8 Å². The quantitative estimate of drug-likeness (QED) is 0.290. The van der Waals surface area contributed by atoms with E-state index in [2.05, 4.69) is 5.10 Å². The predicted octanol–water partition coefficient (Wildman–Crippen LogP) is -0.658. The van der Waals surface area contributed by atoms with Crippen molar-refractivity contribution < 1.29 is 9.72 Å². The highest BCUT2D eigenvalue weighted by Gasteiger charge is 2.17. The molecule has 1 amide bonds. The van der Waals surface area contributed by atoms with Gasteiger partial charge in [0.05, 0.1) is 4.92 Å². The van der Waals surface area contributed by atoms with Crippen LogP contribution in [0, 0.1) is 10.1 Å². The Morgan fingerprint density at radius 3 is 2.93 bits per heavy atom. The number of hydrogen-bond donors (Lipinski definition) is 2. The first-order valence-electron chi connectivity index (χ1n) is 3.75. The minimum atomic E-state index is -0.673. The van der Waals surface area contributed by atoms with Gasteiger partial charge in [-0.15, -0.1) is 0 Å². The van der Waals surface area contributed by atoms with Crippen LogP contribution >= 0.6 is 0 Å². The lowest BCUT2D eigenvalue weighted by atomic mass is 10.3. The van der Waals surface area contributed by atoms with Crippen LogP contribution in [0.5, 0.6) is 0 Å². The minimum Gasteiger partial charge on any atom is -0.292 e. The van der Waals surface area contributed by atoms with Crippen molar-refractivity contribution in [2.24, 2.45) is 5.84 Å². The molecule has 3 N–H and O–H groups in total. The van der Waals surface area contributed by atoms with Gasteiger partial charge in [0.1, 0.15) is 18.4 Å². The molecule has 0 saturated carbocycles. The van der Waals surface area contributed by atoms with Gasteiger partial charge in [-0.25, -0.2) is 5.84 Å².